The van der Waals surface area contributed by atoms with Crippen molar-refractivity contribution in [1.82, 2.24) is 14.5 Å². The number of fused-ring (bicyclic) bond motifs is 1. The van der Waals surface area contributed by atoms with Crippen molar-refractivity contribution in [3.63, 3.8) is 0 Å². The van der Waals surface area contributed by atoms with Gasteiger partial charge >= 0.3 is 0 Å². The number of hydrogen-bond donors (Lipinski definition) is 1. The molecule has 1 aromatic carbocycles. The summed E-state index contributed by atoms with van der Waals surface area (Å²) >= 11 is 10.0. The third-order valence-electron chi connectivity index (χ3n) is 3.86. The normalized spacial score (nSPS) is 11.1. The van der Waals surface area contributed by atoms with Crippen molar-refractivity contribution in [1.29, 1.82) is 0 Å². The molecule has 3 aromatic heterocycles. The van der Waals surface area contributed by atoms with E-state index in [1.54, 1.807) is 29.8 Å². The van der Waals surface area contributed by atoms with Crippen LogP contribution in [-0.2, 0) is 4.79 Å². The number of thioether (sulfide) groups is 1. The van der Waals surface area contributed by atoms with Gasteiger partial charge in [-0.25, -0.2) is 9.97 Å². The van der Waals surface area contributed by atoms with Gasteiger partial charge in [0.05, 0.1) is 17.0 Å². The maximum Gasteiger partial charge on any atom is 0.276 e. The molecule has 0 aliphatic rings. The Labute approximate surface area is 177 Å². The third-order valence-corrected chi connectivity index (χ3v) is 6.80. The van der Waals surface area contributed by atoms with Crippen molar-refractivity contribution in [2.45, 2.75) is 12.1 Å². The van der Waals surface area contributed by atoms with Crippen molar-refractivity contribution in [2.75, 3.05) is 11.1 Å². The first-order chi connectivity index (χ1) is 13.5. The van der Waals surface area contributed by atoms with Crippen molar-refractivity contribution < 1.29 is 4.79 Å². The van der Waals surface area contributed by atoms with E-state index in [0.29, 0.717) is 31.2 Å². The minimum atomic E-state index is -0.210. The Kier molecular flexibility index (Phi) is 5.49. The molecule has 0 saturated carbocycles. The lowest BCUT2D eigenvalue weighted by molar-refractivity contribution is -0.113. The molecule has 0 atom stereocenters. The summed E-state index contributed by atoms with van der Waals surface area (Å²) in [5.74, 6) is -0.104. The third kappa shape index (κ3) is 3.83. The first kappa shape index (κ1) is 19.1. The van der Waals surface area contributed by atoms with Crippen molar-refractivity contribution in [3.8, 4) is 5.69 Å². The van der Waals surface area contributed by atoms with Crippen LogP contribution < -0.4 is 10.9 Å². The number of halogens is 1. The highest BCUT2D eigenvalue weighted by Gasteiger charge is 2.16. The molecular weight excluding hydrogens is 436 g/mol. The van der Waals surface area contributed by atoms with Gasteiger partial charge in [0.2, 0.25) is 5.91 Å². The first-order valence-electron chi connectivity index (χ1n) is 8.12. The second kappa shape index (κ2) is 8.04. The number of amides is 1. The van der Waals surface area contributed by atoms with Crippen LogP contribution >= 0.6 is 46.0 Å². The van der Waals surface area contributed by atoms with Gasteiger partial charge in [0.15, 0.2) is 10.3 Å². The fraction of sp³-hybridized carbons (Fsp3) is 0.111. The number of nitrogens with zero attached hydrogens (tertiary/aromatic N) is 3. The zero-order valence-corrected chi connectivity index (χ0v) is 17.7. The average Bonchev–Trinajstić information content (AvgIpc) is 3.34. The summed E-state index contributed by atoms with van der Waals surface area (Å²) in [5, 5.41) is 7.97. The number of hydrogen-bond acceptors (Lipinski definition) is 7. The van der Waals surface area contributed by atoms with Crippen LogP contribution in [0.5, 0.6) is 0 Å². The SMILES string of the molecule is Cc1cc(-n2c(SCC(=O)Nc3nccs3)nc3ccsc3c2=O)ccc1Cl. The van der Waals surface area contributed by atoms with E-state index in [0.717, 1.165) is 5.56 Å². The number of aromatic nitrogens is 3. The summed E-state index contributed by atoms with van der Waals surface area (Å²) in [6.45, 7) is 1.88. The molecule has 10 heteroatoms. The van der Waals surface area contributed by atoms with E-state index in [-0.39, 0.29) is 17.2 Å². The number of rotatable bonds is 5. The van der Waals surface area contributed by atoms with Crippen molar-refractivity contribution in [2.24, 2.45) is 0 Å². The second-order valence-corrected chi connectivity index (χ2v) is 8.94. The number of thiazole rings is 1. The van der Waals surface area contributed by atoms with E-state index in [9.17, 15) is 9.59 Å². The summed E-state index contributed by atoms with van der Waals surface area (Å²) in [6.07, 6.45) is 1.63. The first-order valence-corrected chi connectivity index (χ1v) is 11.2. The fourth-order valence-corrected chi connectivity index (χ4v) is 4.79. The van der Waals surface area contributed by atoms with Crippen LogP contribution in [0.4, 0.5) is 5.13 Å². The summed E-state index contributed by atoms with van der Waals surface area (Å²) in [7, 11) is 0. The van der Waals surface area contributed by atoms with E-state index in [1.807, 2.05) is 18.4 Å². The Hall–Kier alpha value is -2.20. The maximum atomic E-state index is 13.1. The smallest absolute Gasteiger partial charge is 0.276 e. The minimum Gasteiger partial charge on any atom is -0.301 e. The summed E-state index contributed by atoms with van der Waals surface area (Å²) in [6, 6.07) is 7.17. The van der Waals surface area contributed by atoms with E-state index < -0.39 is 0 Å². The van der Waals surface area contributed by atoms with Crippen LogP contribution in [0.25, 0.3) is 15.9 Å². The molecule has 1 amide bonds. The van der Waals surface area contributed by atoms with Gasteiger partial charge in [0, 0.05) is 16.6 Å². The molecule has 0 aliphatic heterocycles. The van der Waals surface area contributed by atoms with Gasteiger partial charge in [-0.1, -0.05) is 23.4 Å². The number of thiophene rings is 1. The Morgan fingerprint density at radius 2 is 2.14 bits per heavy atom. The van der Waals surface area contributed by atoms with E-state index >= 15 is 0 Å². The maximum absolute atomic E-state index is 13.1. The molecule has 0 bridgehead atoms. The Morgan fingerprint density at radius 3 is 2.89 bits per heavy atom. The standard InChI is InChI=1S/C18H13ClN4O2S3/c1-10-8-11(2-3-12(10)19)23-16(25)15-13(4-6-26-15)21-18(23)28-9-14(24)22-17-20-5-7-27-17/h2-8H,9H2,1H3,(H,20,22,24). The molecule has 0 spiro atoms. The number of carbonyl (C=O) groups is 1. The van der Waals surface area contributed by atoms with Crippen LogP contribution in [0.2, 0.25) is 5.02 Å². The molecule has 0 saturated heterocycles. The lowest BCUT2D eigenvalue weighted by atomic mass is 10.2. The molecule has 0 aliphatic carbocycles. The second-order valence-electron chi connectivity index (χ2n) is 5.78. The molecule has 6 nitrogen and oxygen atoms in total. The highest BCUT2D eigenvalue weighted by atomic mass is 35.5. The van der Waals surface area contributed by atoms with E-state index in [2.05, 4.69) is 15.3 Å². The van der Waals surface area contributed by atoms with Gasteiger partial charge < -0.3 is 5.32 Å². The topological polar surface area (TPSA) is 76.9 Å². The average molecular weight is 449 g/mol. The lowest BCUT2D eigenvalue weighted by Crippen LogP contribution is -2.22. The molecule has 142 valence electrons. The van der Waals surface area contributed by atoms with Crippen LogP contribution in [0, 0.1) is 6.92 Å². The Morgan fingerprint density at radius 1 is 1.29 bits per heavy atom. The molecule has 0 unspecified atom stereocenters. The molecule has 4 rings (SSSR count). The summed E-state index contributed by atoms with van der Waals surface area (Å²) < 4.78 is 2.10. The van der Waals surface area contributed by atoms with Crippen molar-refractivity contribution >= 4 is 67.3 Å². The predicted molar refractivity (Wildman–Crippen MR) is 116 cm³/mol. The molecule has 3 heterocycles. The highest BCUT2D eigenvalue weighted by molar-refractivity contribution is 7.99. The molecule has 0 fully saturated rings. The van der Waals surface area contributed by atoms with Gasteiger partial charge in [-0.3, -0.25) is 14.2 Å². The Balaban J connectivity index is 1.71. The predicted octanol–water partition coefficient (Wildman–Crippen LogP) is 4.60. The number of benzene rings is 1. The summed E-state index contributed by atoms with van der Waals surface area (Å²) in [4.78, 5) is 34.0. The summed E-state index contributed by atoms with van der Waals surface area (Å²) in [5.41, 5.74) is 1.98. The van der Waals surface area contributed by atoms with E-state index in [4.69, 9.17) is 11.6 Å². The monoisotopic (exact) mass is 448 g/mol. The quantitative estimate of drug-likeness (QED) is 0.356. The van der Waals surface area contributed by atoms with Crippen LogP contribution in [0.1, 0.15) is 5.56 Å². The zero-order valence-electron chi connectivity index (χ0n) is 14.5. The van der Waals surface area contributed by atoms with Gasteiger partial charge in [-0.05, 0) is 42.1 Å². The largest absolute Gasteiger partial charge is 0.301 e. The highest BCUT2D eigenvalue weighted by Crippen LogP contribution is 2.26. The van der Waals surface area contributed by atoms with Gasteiger partial charge in [0.25, 0.3) is 5.56 Å². The number of aryl methyl sites for hydroxylation is 1. The molecule has 1 N–H and O–H groups in total. The Bertz CT molecular complexity index is 1220. The molecule has 0 radical (unpaired) electrons. The number of nitrogens with one attached hydrogen (secondary N) is 1. The van der Waals surface area contributed by atoms with E-state index in [1.165, 1.54) is 39.0 Å². The van der Waals surface area contributed by atoms with Crippen molar-refractivity contribution in [3.05, 3.63) is 62.2 Å². The minimum absolute atomic E-state index is 0.105. The molecule has 28 heavy (non-hydrogen) atoms. The van der Waals surface area contributed by atoms with Crippen LogP contribution in [-0.4, -0.2) is 26.2 Å². The van der Waals surface area contributed by atoms with Gasteiger partial charge in [-0.15, -0.1) is 22.7 Å². The van der Waals surface area contributed by atoms with Crippen LogP contribution in [0.15, 0.2) is 51.2 Å². The fourth-order valence-electron chi connectivity index (χ4n) is 2.56. The number of carbonyl (C=O) groups excluding carboxylic acids is 1. The number of anilines is 1. The molecule has 4 aromatic rings. The van der Waals surface area contributed by atoms with Crippen LogP contribution in [0.3, 0.4) is 0 Å². The molecular formula is C18H13ClN4O2S3. The van der Waals surface area contributed by atoms with Gasteiger partial charge in [-0.2, -0.15) is 0 Å². The zero-order chi connectivity index (χ0) is 19.7. The van der Waals surface area contributed by atoms with Gasteiger partial charge in [0.1, 0.15) is 4.70 Å². The lowest BCUT2D eigenvalue weighted by Gasteiger charge is -2.13.